The Morgan fingerprint density at radius 3 is 2.03 bits per heavy atom. The molecule has 0 bridgehead atoms. The zero-order valence-electron chi connectivity index (χ0n) is 16.7. The molecule has 29 heavy (non-hydrogen) atoms. The molecule has 0 unspecified atom stereocenters. The fourth-order valence-corrected chi connectivity index (χ4v) is 3.80. The van der Waals surface area contributed by atoms with Crippen molar-refractivity contribution in [1.29, 1.82) is 0 Å². The van der Waals surface area contributed by atoms with Gasteiger partial charge in [0.1, 0.15) is 6.54 Å². The molecule has 4 rings (SSSR count). The van der Waals surface area contributed by atoms with Gasteiger partial charge in [-0.05, 0) is 34.6 Å². The molecular formula is C24H22N2O3. The lowest BCUT2D eigenvalue weighted by Gasteiger charge is -2.27. The summed E-state index contributed by atoms with van der Waals surface area (Å²) in [6.45, 7) is 5.86. The van der Waals surface area contributed by atoms with Crippen LogP contribution in [-0.2, 0) is 10.2 Å². The Kier molecular flexibility index (Phi) is 4.46. The predicted molar refractivity (Wildman–Crippen MR) is 113 cm³/mol. The monoisotopic (exact) mass is 386 g/mol. The van der Waals surface area contributed by atoms with Gasteiger partial charge in [0.15, 0.2) is 0 Å². The van der Waals surface area contributed by atoms with E-state index in [2.05, 4.69) is 26.1 Å². The van der Waals surface area contributed by atoms with Gasteiger partial charge >= 0.3 is 0 Å². The number of rotatable bonds is 3. The third-order valence-electron chi connectivity index (χ3n) is 5.17. The molecule has 0 atom stereocenters. The van der Waals surface area contributed by atoms with Crippen molar-refractivity contribution in [3.63, 3.8) is 0 Å². The van der Waals surface area contributed by atoms with Crippen LogP contribution in [0.2, 0.25) is 0 Å². The van der Waals surface area contributed by atoms with Gasteiger partial charge in [-0.2, -0.15) is 0 Å². The van der Waals surface area contributed by atoms with E-state index in [0.29, 0.717) is 22.2 Å². The Bertz CT molecular complexity index is 1110. The van der Waals surface area contributed by atoms with Gasteiger partial charge in [0.25, 0.3) is 11.8 Å². The lowest BCUT2D eigenvalue weighted by molar-refractivity contribution is -0.116. The van der Waals surface area contributed by atoms with E-state index in [1.54, 1.807) is 24.3 Å². The van der Waals surface area contributed by atoms with Crippen LogP contribution in [-0.4, -0.2) is 29.2 Å². The van der Waals surface area contributed by atoms with Crippen molar-refractivity contribution in [2.45, 2.75) is 26.2 Å². The first kappa shape index (κ1) is 18.9. The third kappa shape index (κ3) is 3.29. The quantitative estimate of drug-likeness (QED) is 0.680. The Morgan fingerprint density at radius 2 is 1.45 bits per heavy atom. The number of para-hydroxylation sites is 1. The lowest BCUT2D eigenvalue weighted by Crippen LogP contribution is -2.44. The first-order valence-corrected chi connectivity index (χ1v) is 9.54. The highest BCUT2D eigenvalue weighted by molar-refractivity contribution is 6.26. The number of hydrogen-bond acceptors (Lipinski definition) is 3. The van der Waals surface area contributed by atoms with Crippen molar-refractivity contribution in [3.8, 4) is 0 Å². The van der Waals surface area contributed by atoms with E-state index in [1.807, 2.05) is 36.4 Å². The number of imide groups is 1. The maximum absolute atomic E-state index is 13.0. The molecule has 0 fully saturated rings. The Labute approximate surface area is 169 Å². The van der Waals surface area contributed by atoms with Crippen molar-refractivity contribution in [2.75, 3.05) is 11.9 Å². The van der Waals surface area contributed by atoms with E-state index >= 15 is 0 Å². The summed E-state index contributed by atoms with van der Waals surface area (Å²) in [5.74, 6) is -1.30. The van der Waals surface area contributed by atoms with Gasteiger partial charge in [-0.25, -0.2) is 0 Å². The molecule has 1 aliphatic heterocycles. The third-order valence-corrected chi connectivity index (χ3v) is 5.17. The average Bonchev–Trinajstić information content (AvgIpc) is 2.69. The molecule has 5 nitrogen and oxygen atoms in total. The second-order valence-electron chi connectivity index (χ2n) is 8.25. The number of amides is 3. The molecule has 3 aromatic rings. The molecule has 3 aromatic carbocycles. The average molecular weight is 386 g/mol. The summed E-state index contributed by atoms with van der Waals surface area (Å²) in [5, 5.41) is 4.36. The number of nitrogens with one attached hydrogen (secondary N) is 1. The molecule has 1 N–H and O–H groups in total. The molecule has 0 aliphatic carbocycles. The molecule has 0 spiro atoms. The van der Waals surface area contributed by atoms with Crippen molar-refractivity contribution in [1.82, 2.24) is 4.90 Å². The van der Waals surface area contributed by atoms with E-state index in [0.717, 1.165) is 15.8 Å². The van der Waals surface area contributed by atoms with Crippen LogP contribution in [0.3, 0.4) is 0 Å². The normalized spacial score (nSPS) is 13.7. The van der Waals surface area contributed by atoms with Gasteiger partial charge < -0.3 is 5.32 Å². The van der Waals surface area contributed by atoms with Gasteiger partial charge in [0, 0.05) is 22.2 Å². The van der Waals surface area contributed by atoms with Gasteiger partial charge in [-0.1, -0.05) is 63.2 Å². The Morgan fingerprint density at radius 1 is 0.862 bits per heavy atom. The molecule has 0 radical (unpaired) electrons. The van der Waals surface area contributed by atoms with Crippen molar-refractivity contribution in [2.24, 2.45) is 0 Å². The molecule has 146 valence electrons. The van der Waals surface area contributed by atoms with Crippen LogP contribution in [0.1, 0.15) is 47.1 Å². The van der Waals surface area contributed by atoms with Crippen molar-refractivity contribution < 1.29 is 14.4 Å². The van der Waals surface area contributed by atoms with Crippen LogP contribution in [0.15, 0.2) is 60.7 Å². The zero-order chi connectivity index (χ0) is 20.8. The van der Waals surface area contributed by atoms with E-state index in [1.165, 1.54) is 0 Å². The van der Waals surface area contributed by atoms with E-state index in [9.17, 15) is 14.4 Å². The van der Waals surface area contributed by atoms with Crippen molar-refractivity contribution in [3.05, 3.63) is 77.4 Å². The smallest absolute Gasteiger partial charge is 0.261 e. The van der Waals surface area contributed by atoms with Crippen LogP contribution in [0.25, 0.3) is 10.8 Å². The maximum Gasteiger partial charge on any atom is 0.261 e. The first-order chi connectivity index (χ1) is 13.8. The summed E-state index contributed by atoms with van der Waals surface area (Å²) in [4.78, 5) is 39.7. The number of carbonyl (C=O) groups excluding carboxylic acids is 3. The molecule has 1 heterocycles. The van der Waals surface area contributed by atoms with Crippen LogP contribution in [0.4, 0.5) is 5.69 Å². The number of nitrogens with zero attached hydrogens (tertiary/aromatic N) is 1. The van der Waals surface area contributed by atoms with Gasteiger partial charge in [0.2, 0.25) is 5.91 Å². The molecule has 3 amide bonds. The predicted octanol–water partition coefficient (Wildman–Crippen LogP) is 4.37. The minimum atomic E-state index is -0.446. The van der Waals surface area contributed by atoms with Gasteiger partial charge in [0.05, 0.1) is 0 Å². The second kappa shape index (κ2) is 6.85. The van der Waals surface area contributed by atoms with Crippen LogP contribution in [0.5, 0.6) is 0 Å². The fraction of sp³-hybridized carbons (Fsp3) is 0.208. The lowest BCUT2D eigenvalue weighted by atomic mass is 9.86. The number of carbonyl (C=O) groups is 3. The summed E-state index contributed by atoms with van der Waals surface area (Å²) in [5.41, 5.74) is 2.40. The summed E-state index contributed by atoms with van der Waals surface area (Å²) in [7, 11) is 0. The molecule has 0 saturated carbocycles. The summed E-state index contributed by atoms with van der Waals surface area (Å²) < 4.78 is 0. The zero-order valence-corrected chi connectivity index (χ0v) is 16.7. The summed E-state index contributed by atoms with van der Waals surface area (Å²) in [6.07, 6.45) is 0. The fourth-order valence-electron chi connectivity index (χ4n) is 3.80. The minimum absolute atomic E-state index is 0.158. The molecule has 1 aliphatic rings. The Hall–Kier alpha value is -3.47. The SMILES string of the molecule is CC(C)(C)c1ccccc1NC(=O)CN1C(=O)c2cccc3cccc(c23)C1=O. The second-order valence-corrected chi connectivity index (χ2v) is 8.25. The highest BCUT2D eigenvalue weighted by Crippen LogP contribution is 2.31. The largest absolute Gasteiger partial charge is 0.324 e. The van der Waals surface area contributed by atoms with Crippen LogP contribution >= 0.6 is 0 Å². The number of anilines is 1. The number of benzene rings is 3. The molecule has 5 heteroatoms. The highest BCUT2D eigenvalue weighted by atomic mass is 16.2. The van der Waals surface area contributed by atoms with Crippen LogP contribution in [0, 0.1) is 0 Å². The van der Waals surface area contributed by atoms with Crippen molar-refractivity contribution >= 4 is 34.2 Å². The topological polar surface area (TPSA) is 66.5 Å². The summed E-state index contributed by atoms with van der Waals surface area (Å²) >= 11 is 0. The maximum atomic E-state index is 13.0. The Balaban J connectivity index is 1.62. The highest BCUT2D eigenvalue weighted by Gasteiger charge is 2.34. The summed E-state index contributed by atoms with van der Waals surface area (Å²) in [6, 6.07) is 18.3. The minimum Gasteiger partial charge on any atom is -0.324 e. The van der Waals surface area contributed by atoms with E-state index in [-0.39, 0.29) is 12.0 Å². The van der Waals surface area contributed by atoms with Gasteiger partial charge in [-0.15, -0.1) is 0 Å². The van der Waals surface area contributed by atoms with E-state index < -0.39 is 17.7 Å². The number of hydrogen-bond donors (Lipinski definition) is 1. The van der Waals surface area contributed by atoms with Crippen LogP contribution < -0.4 is 5.32 Å². The van der Waals surface area contributed by atoms with E-state index in [4.69, 9.17) is 0 Å². The molecule has 0 saturated heterocycles. The molecular weight excluding hydrogens is 364 g/mol. The molecule has 0 aromatic heterocycles. The van der Waals surface area contributed by atoms with Gasteiger partial charge in [-0.3, -0.25) is 19.3 Å². The standard InChI is InChI=1S/C24H22N2O3/c1-24(2,3)18-12-4-5-13-19(18)25-20(27)14-26-22(28)16-10-6-8-15-9-7-11-17(21(15)16)23(26)29/h4-13H,14H2,1-3H3,(H,25,27). The first-order valence-electron chi connectivity index (χ1n) is 9.54.